The summed E-state index contributed by atoms with van der Waals surface area (Å²) >= 11 is 10.3. The number of hydrogen-bond donors (Lipinski definition) is 0. The van der Waals surface area contributed by atoms with Crippen molar-refractivity contribution in [1.29, 1.82) is 0 Å². The van der Waals surface area contributed by atoms with Gasteiger partial charge in [0.1, 0.15) is 0 Å². The molecular weight excluding hydrogens is 463 g/mol. The molecule has 0 bridgehead atoms. The van der Waals surface area contributed by atoms with Gasteiger partial charge in [0, 0.05) is 4.47 Å². The van der Waals surface area contributed by atoms with Gasteiger partial charge >= 0.3 is 15.6 Å². The summed E-state index contributed by atoms with van der Waals surface area (Å²) in [6.07, 6.45) is 0. The molecule has 0 N–H and O–H groups in total. The van der Waals surface area contributed by atoms with Crippen LogP contribution in [-0.2, 0) is 10.1 Å². The Bertz CT molecular complexity index is 523. The van der Waals surface area contributed by atoms with Crippen molar-refractivity contribution in [2.45, 2.75) is 5.51 Å². The van der Waals surface area contributed by atoms with Gasteiger partial charge < -0.3 is 4.18 Å². The molecule has 3 nitrogen and oxygen atoms in total. The maximum absolute atomic E-state index is 12.1. The number of alkyl halides is 3. The summed E-state index contributed by atoms with van der Waals surface area (Å²) in [4.78, 5) is 0. The third-order valence-corrected chi connectivity index (χ3v) is 3.93. The van der Waals surface area contributed by atoms with Crippen molar-refractivity contribution < 1.29 is 25.8 Å². The lowest BCUT2D eigenvalue weighted by molar-refractivity contribution is -0.0500. The van der Waals surface area contributed by atoms with Crippen LogP contribution in [0.3, 0.4) is 0 Å². The van der Waals surface area contributed by atoms with Gasteiger partial charge in [-0.15, -0.1) is 0 Å². The highest BCUT2D eigenvalue weighted by molar-refractivity contribution is 14.1. The zero-order valence-electron chi connectivity index (χ0n) is 7.56. The number of hydrogen-bond acceptors (Lipinski definition) is 3. The molecule has 17 heavy (non-hydrogen) atoms. The summed E-state index contributed by atoms with van der Waals surface area (Å²) in [6, 6.07) is 2.60. The van der Waals surface area contributed by atoms with Crippen LogP contribution >= 0.6 is 50.1 Å². The molecule has 0 aliphatic rings. The van der Waals surface area contributed by atoms with Crippen LogP contribution < -0.4 is 4.18 Å². The van der Waals surface area contributed by atoms with E-state index < -0.39 is 21.4 Å². The summed E-state index contributed by atoms with van der Waals surface area (Å²) in [6.45, 7) is 0. The zero-order valence-corrected chi connectivity index (χ0v) is 12.9. The van der Waals surface area contributed by atoms with E-state index in [4.69, 9.17) is 11.6 Å². The molecule has 0 spiro atoms. The van der Waals surface area contributed by atoms with Crippen LogP contribution in [0.5, 0.6) is 5.75 Å². The van der Waals surface area contributed by atoms with Crippen LogP contribution in [-0.4, -0.2) is 13.9 Å². The van der Waals surface area contributed by atoms with E-state index in [0.717, 1.165) is 0 Å². The fraction of sp³-hybridized carbons (Fsp3) is 0.143. The molecule has 1 aromatic rings. The standard InChI is InChI=1S/C7H2BrClF3IO3S/c8-3-1-4(9)6(5(13)2-3)16-17(14,15)7(10,11)12/h1-2H. The average Bonchev–Trinajstić information content (AvgIpc) is 2.09. The van der Waals surface area contributed by atoms with Gasteiger partial charge in [0.25, 0.3) is 0 Å². The van der Waals surface area contributed by atoms with Crippen molar-refractivity contribution in [3.63, 3.8) is 0 Å². The first-order valence-corrected chi connectivity index (χ1v) is 7.35. The Morgan fingerprint density at radius 2 is 1.88 bits per heavy atom. The first-order chi connectivity index (χ1) is 7.54. The molecule has 0 unspecified atom stereocenters. The summed E-state index contributed by atoms with van der Waals surface area (Å²) in [5.74, 6) is -0.548. The highest BCUT2D eigenvalue weighted by Crippen LogP contribution is 2.36. The largest absolute Gasteiger partial charge is 0.534 e. The van der Waals surface area contributed by atoms with Gasteiger partial charge in [0.2, 0.25) is 0 Å². The summed E-state index contributed by atoms with van der Waals surface area (Å²) in [5, 5.41) is -0.239. The van der Waals surface area contributed by atoms with Gasteiger partial charge in [-0.3, -0.25) is 0 Å². The summed E-state index contributed by atoms with van der Waals surface area (Å²) in [5.41, 5.74) is -5.49. The third kappa shape index (κ3) is 3.61. The van der Waals surface area contributed by atoms with Crippen molar-refractivity contribution in [3.8, 4) is 5.75 Å². The lowest BCUT2D eigenvalue weighted by Crippen LogP contribution is -2.28. The van der Waals surface area contributed by atoms with E-state index in [-0.39, 0.29) is 8.59 Å². The van der Waals surface area contributed by atoms with Gasteiger partial charge in [-0.25, -0.2) is 0 Å². The van der Waals surface area contributed by atoms with Crippen molar-refractivity contribution in [2.75, 3.05) is 0 Å². The molecule has 0 saturated heterocycles. The molecule has 0 amide bonds. The Balaban J connectivity index is 3.22. The van der Waals surface area contributed by atoms with Crippen molar-refractivity contribution in [2.24, 2.45) is 0 Å². The summed E-state index contributed by atoms with van der Waals surface area (Å²) < 4.78 is 62.5. The lowest BCUT2D eigenvalue weighted by Gasteiger charge is -2.12. The maximum atomic E-state index is 12.1. The molecule has 1 rings (SSSR count). The van der Waals surface area contributed by atoms with Crippen LogP contribution in [0.15, 0.2) is 16.6 Å². The molecule has 96 valence electrons. The van der Waals surface area contributed by atoms with Gasteiger partial charge in [-0.05, 0) is 34.7 Å². The van der Waals surface area contributed by atoms with E-state index in [1.54, 1.807) is 22.6 Å². The monoisotopic (exact) mass is 464 g/mol. The van der Waals surface area contributed by atoms with Crippen molar-refractivity contribution in [3.05, 3.63) is 25.2 Å². The van der Waals surface area contributed by atoms with E-state index in [1.807, 2.05) is 0 Å². The fourth-order valence-electron chi connectivity index (χ4n) is 0.766. The molecule has 0 aliphatic carbocycles. The molecule has 0 radical (unpaired) electrons. The molecule has 10 heteroatoms. The minimum Gasteiger partial charge on any atom is -0.373 e. The van der Waals surface area contributed by atoms with Crippen molar-refractivity contribution in [1.82, 2.24) is 0 Å². The lowest BCUT2D eigenvalue weighted by atomic mass is 10.3. The van der Waals surface area contributed by atoms with Crippen LogP contribution in [0.1, 0.15) is 0 Å². The van der Waals surface area contributed by atoms with Gasteiger partial charge in [0.15, 0.2) is 5.75 Å². The topological polar surface area (TPSA) is 43.4 Å². The van der Waals surface area contributed by atoms with Gasteiger partial charge in [-0.1, -0.05) is 27.5 Å². The Morgan fingerprint density at radius 1 is 1.35 bits per heavy atom. The van der Waals surface area contributed by atoms with Gasteiger partial charge in [0.05, 0.1) is 8.59 Å². The Morgan fingerprint density at radius 3 is 2.29 bits per heavy atom. The first-order valence-electron chi connectivity index (χ1n) is 3.70. The van der Waals surface area contributed by atoms with Gasteiger partial charge in [-0.2, -0.15) is 21.6 Å². The number of halogens is 6. The van der Waals surface area contributed by atoms with E-state index in [9.17, 15) is 21.6 Å². The molecule has 0 heterocycles. The van der Waals surface area contributed by atoms with E-state index in [0.29, 0.717) is 4.47 Å². The van der Waals surface area contributed by atoms with Crippen LogP contribution in [0.2, 0.25) is 5.02 Å². The maximum Gasteiger partial charge on any atom is 0.534 e. The smallest absolute Gasteiger partial charge is 0.373 e. The Labute approximate surface area is 122 Å². The first kappa shape index (κ1) is 15.3. The average molecular weight is 465 g/mol. The SMILES string of the molecule is O=S(=O)(Oc1c(Cl)cc(Br)cc1I)C(F)(F)F. The number of benzene rings is 1. The van der Waals surface area contributed by atoms with Crippen molar-refractivity contribution >= 4 is 60.2 Å². The predicted molar refractivity (Wildman–Crippen MR) is 67.5 cm³/mol. The van der Waals surface area contributed by atoms with E-state index in [2.05, 4.69) is 20.1 Å². The molecule has 0 atom stereocenters. The quantitative estimate of drug-likeness (QED) is 0.378. The molecule has 1 aromatic carbocycles. The zero-order chi connectivity index (χ0) is 13.4. The fourth-order valence-corrected chi connectivity index (χ4v) is 3.63. The highest BCUT2D eigenvalue weighted by Gasteiger charge is 2.49. The number of rotatable bonds is 2. The van der Waals surface area contributed by atoms with Crippen LogP contribution in [0.25, 0.3) is 0 Å². The molecule has 0 saturated carbocycles. The highest BCUT2D eigenvalue weighted by atomic mass is 127. The molecule has 0 aliphatic heterocycles. The summed E-state index contributed by atoms with van der Waals surface area (Å²) in [7, 11) is -5.71. The van der Waals surface area contributed by atoms with Crippen LogP contribution in [0, 0.1) is 3.57 Å². The second kappa shape index (κ2) is 5.10. The Hall–Kier alpha value is 0.260. The second-order valence-electron chi connectivity index (χ2n) is 2.68. The predicted octanol–water partition coefficient (Wildman–Crippen LogP) is 3.94. The van der Waals surface area contributed by atoms with E-state index in [1.165, 1.54) is 12.1 Å². The molecule has 0 aromatic heterocycles. The molecule has 0 fully saturated rings. The minimum absolute atomic E-state index is 0.134. The normalized spacial score (nSPS) is 12.6. The minimum atomic E-state index is -5.71. The Kier molecular flexibility index (Phi) is 4.59. The van der Waals surface area contributed by atoms with Crippen LogP contribution in [0.4, 0.5) is 13.2 Å². The van der Waals surface area contributed by atoms with E-state index >= 15 is 0 Å². The second-order valence-corrected chi connectivity index (χ2v) is 6.70. The molecular formula is C7H2BrClF3IO3S. The third-order valence-electron chi connectivity index (χ3n) is 1.44.